The topological polar surface area (TPSA) is 99.0 Å². The number of anilines is 2. The van der Waals surface area contributed by atoms with E-state index in [-0.39, 0.29) is 17.5 Å². The molecule has 1 amide bonds. The summed E-state index contributed by atoms with van der Waals surface area (Å²) in [4.78, 5) is 16.6. The highest BCUT2D eigenvalue weighted by Gasteiger charge is 2.18. The third-order valence-electron chi connectivity index (χ3n) is 3.88. The van der Waals surface area contributed by atoms with Crippen LogP contribution in [0.2, 0.25) is 0 Å². The summed E-state index contributed by atoms with van der Waals surface area (Å²) in [6, 6.07) is 16.9. The van der Waals surface area contributed by atoms with E-state index in [0.717, 1.165) is 9.26 Å². The summed E-state index contributed by atoms with van der Waals surface area (Å²) in [6.07, 6.45) is 2.87. The van der Waals surface area contributed by atoms with Gasteiger partial charge in [0.05, 0.1) is 17.4 Å². The number of halogens is 1. The Bertz CT molecular complexity index is 1090. The summed E-state index contributed by atoms with van der Waals surface area (Å²) in [6.45, 7) is 0. The normalized spacial score (nSPS) is 10.7. The average Bonchev–Trinajstić information content (AvgIpc) is 3.31. The predicted molar refractivity (Wildman–Crippen MR) is 111 cm³/mol. The van der Waals surface area contributed by atoms with E-state index in [2.05, 4.69) is 38.0 Å². The van der Waals surface area contributed by atoms with E-state index >= 15 is 0 Å². The Kier molecular flexibility index (Phi) is 4.63. The monoisotopic (exact) mass is 471 g/mol. The fourth-order valence-electron chi connectivity index (χ4n) is 2.53. The number of carbonyl (C=O) groups excluding carboxylic acids is 1. The molecule has 4 rings (SSSR count). The predicted octanol–water partition coefficient (Wildman–Crippen LogP) is 3.97. The molecule has 0 fully saturated rings. The Hall–Kier alpha value is -3.14. The molecule has 4 aromatic rings. The van der Waals surface area contributed by atoms with Crippen LogP contribution >= 0.6 is 22.6 Å². The number of benzene rings is 2. The lowest BCUT2D eigenvalue weighted by Crippen LogP contribution is -2.12. The van der Waals surface area contributed by atoms with Crippen LogP contribution in [0.4, 0.5) is 11.5 Å². The van der Waals surface area contributed by atoms with Crippen molar-refractivity contribution in [1.82, 2.24) is 14.8 Å². The van der Waals surface area contributed by atoms with Crippen molar-refractivity contribution in [3.8, 4) is 17.1 Å². The van der Waals surface area contributed by atoms with E-state index in [1.165, 1.54) is 6.26 Å². The number of hydrogen-bond donors (Lipinski definition) is 2. The Morgan fingerprint density at radius 2 is 1.85 bits per heavy atom. The first-order valence-electron chi connectivity index (χ1n) is 8.03. The molecule has 2 heterocycles. The van der Waals surface area contributed by atoms with Crippen LogP contribution in [0, 0.1) is 3.57 Å². The van der Waals surface area contributed by atoms with Crippen molar-refractivity contribution in [2.45, 2.75) is 0 Å². The van der Waals surface area contributed by atoms with Crippen molar-refractivity contribution in [2.24, 2.45) is 0 Å². The van der Waals surface area contributed by atoms with Crippen LogP contribution in [0.15, 0.2) is 71.5 Å². The number of amides is 1. The summed E-state index contributed by atoms with van der Waals surface area (Å²) >= 11 is 2.20. The van der Waals surface area contributed by atoms with Crippen LogP contribution in [0.1, 0.15) is 10.5 Å². The summed E-state index contributed by atoms with van der Waals surface area (Å²) in [5.74, 6) is 0.260. The standard InChI is InChI=1S/C19H14IN5O2/c20-12-6-8-13(9-7-12)23-18(26)16-11-27-19(24-16)15-10-22-25(17(15)21)14-4-2-1-3-5-14/h1-11H,21H2,(H,23,26). The number of aromatic nitrogens is 3. The lowest BCUT2D eigenvalue weighted by Gasteiger charge is -2.03. The molecule has 8 heteroatoms. The largest absolute Gasteiger partial charge is 0.443 e. The van der Waals surface area contributed by atoms with Crippen LogP contribution in [-0.4, -0.2) is 20.7 Å². The Morgan fingerprint density at radius 3 is 2.59 bits per heavy atom. The average molecular weight is 471 g/mol. The fraction of sp³-hybridized carbons (Fsp3) is 0. The molecule has 0 aliphatic heterocycles. The lowest BCUT2D eigenvalue weighted by atomic mass is 10.3. The van der Waals surface area contributed by atoms with Gasteiger partial charge in [0, 0.05) is 9.26 Å². The van der Waals surface area contributed by atoms with Crippen molar-refractivity contribution < 1.29 is 9.21 Å². The second kappa shape index (κ2) is 7.23. The van der Waals surface area contributed by atoms with Crippen LogP contribution in [0.25, 0.3) is 17.1 Å². The highest BCUT2D eigenvalue weighted by atomic mass is 127. The number of nitrogens with two attached hydrogens (primary N) is 1. The number of rotatable bonds is 4. The molecule has 0 unspecified atom stereocenters. The number of oxazole rings is 1. The SMILES string of the molecule is Nc1c(-c2nc(C(=O)Nc3ccc(I)cc3)co2)cnn1-c1ccccc1. The Labute approximate surface area is 168 Å². The number of hydrogen-bond acceptors (Lipinski definition) is 5. The molecule has 0 aliphatic carbocycles. The maximum atomic E-state index is 12.4. The lowest BCUT2D eigenvalue weighted by molar-refractivity contribution is 0.102. The zero-order chi connectivity index (χ0) is 18.8. The van der Waals surface area contributed by atoms with E-state index in [1.807, 2.05) is 54.6 Å². The summed E-state index contributed by atoms with van der Waals surface area (Å²) < 4.78 is 8.12. The molecule has 7 nitrogen and oxygen atoms in total. The molecule has 2 aromatic heterocycles. The first kappa shape index (κ1) is 17.3. The van der Waals surface area contributed by atoms with Gasteiger partial charge < -0.3 is 15.5 Å². The minimum atomic E-state index is -0.361. The summed E-state index contributed by atoms with van der Waals surface area (Å²) in [5.41, 5.74) is 8.38. The van der Waals surface area contributed by atoms with E-state index in [1.54, 1.807) is 10.9 Å². The number of para-hydroxylation sites is 1. The molecule has 2 aromatic carbocycles. The summed E-state index contributed by atoms with van der Waals surface area (Å²) in [5, 5.41) is 7.06. The first-order chi connectivity index (χ1) is 13.1. The maximum Gasteiger partial charge on any atom is 0.277 e. The van der Waals surface area contributed by atoms with Gasteiger partial charge in [0.15, 0.2) is 5.69 Å². The van der Waals surface area contributed by atoms with Gasteiger partial charge in [-0.2, -0.15) is 5.10 Å². The third kappa shape index (κ3) is 3.56. The smallest absolute Gasteiger partial charge is 0.277 e. The van der Waals surface area contributed by atoms with Gasteiger partial charge in [0.25, 0.3) is 5.91 Å². The molecule has 0 atom stereocenters. The maximum absolute atomic E-state index is 12.4. The molecule has 0 saturated heterocycles. The first-order valence-corrected chi connectivity index (χ1v) is 9.11. The Balaban J connectivity index is 1.57. The molecule has 0 spiro atoms. The van der Waals surface area contributed by atoms with Crippen LogP contribution in [0.3, 0.4) is 0 Å². The second-order valence-corrected chi connectivity index (χ2v) is 6.94. The minimum Gasteiger partial charge on any atom is -0.443 e. The molecular formula is C19H14IN5O2. The fourth-order valence-corrected chi connectivity index (χ4v) is 2.89. The van der Waals surface area contributed by atoms with Gasteiger partial charge >= 0.3 is 0 Å². The molecular weight excluding hydrogens is 457 g/mol. The molecule has 0 radical (unpaired) electrons. The molecule has 3 N–H and O–H groups in total. The highest BCUT2D eigenvalue weighted by molar-refractivity contribution is 14.1. The van der Waals surface area contributed by atoms with Crippen LogP contribution in [-0.2, 0) is 0 Å². The zero-order valence-corrected chi connectivity index (χ0v) is 16.1. The second-order valence-electron chi connectivity index (χ2n) is 5.69. The molecule has 134 valence electrons. The van der Waals surface area contributed by atoms with Gasteiger partial charge in [-0.05, 0) is 59.0 Å². The van der Waals surface area contributed by atoms with Crippen LogP contribution < -0.4 is 11.1 Å². The van der Waals surface area contributed by atoms with E-state index in [4.69, 9.17) is 10.2 Å². The highest BCUT2D eigenvalue weighted by Crippen LogP contribution is 2.27. The molecule has 0 saturated carbocycles. The number of nitrogen functional groups attached to an aromatic ring is 1. The van der Waals surface area contributed by atoms with Gasteiger partial charge in [-0.15, -0.1) is 0 Å². The van der Waals surface area contributed by atoms with Gasteiger partial charge in [-0.3, -0.25) is 4.79 Å². The summed E-state index contributed by atoms with van der Waals surface area (Å²) in [7, 11) is 0. The van der Waals surface area contributed by atoms with Gasteiger partial charge in [0.1, 0.15) is 12.1 Å². The molecule has 0 bridgehead atoms. The zero-order valence-electron chi connectivity index (χ0n) is 14.0. The minimum absolute atomic E-state index is 0.162. The van der Waals surface area contributed by atoms with Crippen molar-refractivity contribution >= 4 is 40.0 Å². The van der Waals surface area contributed by atoms with Gasteiger partial charge in [-0.25, -0.2) is 9.67 Å². The number of carbonyl (C=O) groups is 1. The molecule has 27 heavy (non-hydrogen) atoms. The Morgan fingerprint density at radius 1 is 1.11 bits per heavy atom. The van der Waals surface area contributed by atoms with Crippen molar-refractivity contribution in [3.63, 3.8) is 0 Å². The van der Waals surface area contributed by atoms with E-state index < -0.39 is 0 Å². The van der Waals surface area contributed by atoms with Crippen molar-refractivity contribution in [1.29, 1.82) is 0 Å². The van der Waals surface area contributed by atoms with Gasteiger partial charge in [-0.1, -0.05) is 18.2 Å². The number of nitrogens with zero attached hydrogens (tertiary/aromatic N) is 3. The van der Waals surface area contributed by atoms with E-state index in [9.17, 15) is 4.79 Å². The molecule has 0 aliphatic rings. The quantitative estimate of drug-likeness (QED) is 0.439. The van der Waals surface area contributed by atoms with Crippen molar-refractivity contribution in [3.05, 3.63) is 76.3 Å². The van der Waals surface area contributed by atoms with E-state index in [0.29, 0.717) is 17.1 Å². The van der Waals surface area contributed by atoms with Gasteiger partial charge in [0.2, 0.25) is 5.89 Å². The van der Waals surface area contributed by atoms with Crippen molar-refractivity contribution in [2.75, 3.05) is 11.1 Å². The third-order valence-corrected chi connectivity index (χ3v) is 4.60. The number of nitrogens with one attached hydrogen (secondary N) is 1. The van der Waals surface area contributed by atoms with Crippen LogP contribution in [0.5, 0.6) is 0 Å².